The number of benzene rings is 2. The second kappa shape index (κ2) is 8.01. The molecule has 0 atom stereocenters. The molecular weight excluding hydrogens is 258 g/mol. The third kappa shape index (κ3) is 4.89. The highest BCUT2D eigenvalue weighted by atomic mass is 16.5. The van der Waals surface area contributed by atoms with Crippen molar-refractivity contribution in [1.29, 1.82) is 0 Å². The first kappa shape index (κ1) is 15.0. The first-order valence-corrected chi connectivity index (χ1v) is 7.32. The van der Waals surface area contributed by atoms with E-state index in [2.05, 4.69) is 18.1 Å². The summed E-state index contributed by atoms with van der Waals surface area (Å²) in [6, 6.07) is 16.0. The number of nitrogens with two attached hydrogens (primary N) is 1. The summed E-state index contributed by atoms with van der Waals surface area (Å²) in [6.07, 6.45) is 9.32. The molecule has 0 heterocycles. The van der Waals surface area contributed by atoms with Gasteiger partial charge in [0.2, 0.25) is 0 Å². The normalized spacial score (nSPS) is 10.0. The predicted octanol–water partition coefficient (Wildman–Crippen LogP) is 4.51. The number of nitrogen functional groups attached to an aromatic ring is 1. The van der Waals surface area contributed by atoms with Crippen molar-refractivity contribution >= 4 is 5.69 Å². The summed E-state index contributed by atoms with van der Waals surface area (Å²) in [5.41, 5.74) is 8.80. The molecule has 0 saturated carbocycles. The zero-order chi connectivity index (χ0) is 14.9. The number of hydrogen-bond acceptors (Lipinski definition) is 2. The average molecular weight is 279 g/mol. The Morgan fingerprint density at radius 3 is 2.10 bits per heavy atom. The third-order valence-corrected chi connectivity index (χ3v) is 3.33. The van der Waals surface area contributed by atoms with Crippen LogP contribution in [-0.2, 0) is 0 Å². The van der Waals surface area contributed by atoms with Gasteiger partial charge in [0.1, 0.15) is 5.75 Å². The summed E-state index contributed by atoms with van der Waals surface area (Å²) in [5.74, 6) is 3.56. The van der Waals surface area contributed by atoms with Crippen LogP contribution in [0, 0.1) is 12.3 Å². The highest BCUT2D eigenvalue weighted by molar-refractivity contribution is 5.66. The Morgan fingerprint density at radius 1 is 0.857 bits per heavy atom. The third-order valence-electron chi connectivity index (χ3n) is 3.33. The van der Waals surface area contributed by atoms with E-state index < -0.39 is 0 Å². The van der Waals surface area contributed by atoms with E-state index in [-0.39, 0.29) is 0 Å². The van der Waals surface area contributed by atoms with Gasteiger partial charge in [0.15, 0.2) is 0 Å². The van der Waals surface area contributed by atoms with Gasteiger partial charge in [-0.15, -0.1) is 12.3 Å². The molecule has 0 amide bonds. The Kier molecular flexibility index (Phi) is 5.72. The summed E-state index contributed by atoms with van der Waals surface area (Å²) in [5, 5.41) is 0. The van der Waals surface area contributed by atoms with Gasteiger partial charge in [0.05, 0.1) is 6.61 Å². The maximum absolute atomic E-state index is 5.72. The van der Waals surface area contributed by atoms with E-state index in [0.717, 1.165) is 54.9 Å². The zero-order valence-electron chi connectivity index (χ0n) is 12.2. The van der Waals surface area contributed by atoms with E-state index in [4.69, 9.17) is 16.9 Å². The summed E-state index contributed by atoms with van der Waals surface area (Å²) in [6.45, 7) is 0.742. The molecule has 2 rings (SSSR count). The van der Waals surface area contributed by atoms with Gasteiger partial charge >= 0.3 is 0 Å². The fourth-order valence-electron chi connectivity index (χ4n) is 2.12. The van der Waals surface area contributed by atoms with Crippen LogP contribution in [-0.4, -0.2) is 6.61 Å². The molecule has 0 aliphatic heterocycles. The van der Waals surface area contributed by atoms with Crippen molar-refractivity contribution in [2.45, 2.75) is 25.7 Å². The molecule has 21 heavy (non-hydrogen) atoms. The summed E-state index contributed by atoms with van der Waals surface area (Å²) < 4.78 is 5.72. The summed E-state index contributed by atoms with van der Waals surface area (Å²) in [7, 11) is 0. The quantitative estimate of drug-likeness (QED) is 0.460. The Bertz CT molecular complexity index is 578. The van der Waals surface area contributed by atoms with Gasteiger partial charge in [-0.25, -0.2) is 0 Å². The molecular formula is C19H21NO. The molecule has 2 aromatic rings. The SMILES string of the molecule is C#CCCCCCOc1ccc(-c2ccc(N)cc2)cc1. The predicted molar refractivity (Wildman–Crippen MR) is 89.1 cm³/mol. The van der Waals surface area contributed by atoms with Crippen molar-refractivity contribution in [2.24, 2.45) is 0 Å². The van der Waals surface area contributed by atoms with E-state index in [1.807, 2.05) is 36.4 Å². The molecule has 2 nitrogen and oxygen atoms in total. The van der Waals surface area contributed by atoms with E-state index in [1.54, 1.807) is 0 Å². The van der Waals surface area contributed by atoms with Crippen LogP contribution < -0.4 is 10.5 Å². The van der Waals surface area contributed by atoms with Gasteiger partial charge in [-0.1, -0.05) is 24.3 Å². The minimum absolute atomic E-state index is 0.742. The van der Waals surface area contributed by atoms with Gasteiger partial charge in [-0.3, -0.25) is 0 Å². The van der Waals surface area contributed by atoms with E-state index in [0.29, 0.717) is 0 Å². The Hall–Kier alpha value is -2.40. The molecule has 0 bridgehead atoms. The molecule has 2 N–H and O–H groups in total. The van der Waals surface area contributed by atoms with Gasteiger partial charge in [-0.05, 0) is 54.7 Å². The second-order valence-electron chi connectivity index (χ2n) is 5.01. The van der Waals surface area contributed by atoms with Crippen LogP contribution >= 0.6 is 0 Å². The van der Waals surface area contributed by atoms with Gasteiger partial charge in [0.25, 0.3) is 0 Å². The van der Waals surface area contributed by atoms with E-state index in [9.17, 15) is 0 Å². The second-order valence-corrected chi connectivity index (χ2v) is 5.01. The van der Waals surface area contributed by atoms with Crippen LogP contribution in [0.4, 0.5) is 5.69 Å². The van der Waals surface area contributed by atoms with Crippen LogP contribution in [0.3, 0.4) is 0 Å². The topological polar surface area (TPSA) is 35.2 Å². The molecule has 0 fully saturated rings. The van der Waals surface area contributed by atoms with Crippen molar-refractivity contribution in [3.05, 3.63) is 48.5 Å². The molecule has 0 unspecified atom stereocenters. The standard InChI is InChI=1S/C19H21NO/c1-2-3-4-5-6-15-21-19-13-9-17(10-14-19)16-7-11-18(20)12-8-16/h1,7-14H,3-6,15,20H2. The van der Waals surface area contributed by atoms with Crippen molar-refractivity contribution in [1.82, 2.24) is 0 Å². The molecule has 0 spiro atoms. The van der Waals surface area contributed by atoms with Crippen LogP contribution in [0.1, 0.15) is 25.7 Å². The number of rotatable bonds is 7. The number of hydrogen-bond donors (Lipinski definition) is 1. The van der Waals surface area contributed by atoms with Crippen molar-refractivity contribution in [3.8, 4) is 29.2 Å². The maximum Gasteiger partial charge on any atom is 0.119 e. The van der Waals surface area contributed by atoms with Crippen LogP contribution in [0.25, 0.3) is 11.1 Å². The largest absolute Gasteiger partial charge is 0.494 e. The van der Waals surface area contributed by atoms with Crippen molar-refractivity contribution in [2.75, 3.05) is 12.3 Å². The smallest absolute Gasteiger partial charge is 0.119 e. The lowest BCUT2D eigenvalue weighted by Gasteiger charge is -2.07. The van der Waals surface area contributed by atoms with E-state index in [1.165, 1.54) is 0 Å². The van der Waals surface area contributed by atoms with E-state index >= 15 is 0 Å². The Labute approximate surface area is 126 Å². The zero-order valence-corrected chi connectivity index (χ0v) is 12.2. The first-order chi connectivity index (χ1) is 10.3. The van der Waals surface area contributed by atoms with Gasteiger partial charge < -0.3 is 10.5 Å². The van der Waals surface area contributed by atoms with Gasteiger partial charge in [0, 0.05) is 12.1 Å². The first-order valence-electron chi connectivity index (χ1n) is 7.32. The van der Waals surface area contributed by atoms with Crippen molar-refractivity contribution in [3.63, 3.8) is 0 Å². The Morgan fingerprint density at radius 2 is 1.48 bits per heavy atom. The van der Waals surface area contributed by atoms with Crippen LogP contribution in [0.2, 0.25) is 0 Å². The number of anilines is 1. The lowest BCUT2D eigenvalue weighted by atomic mass is 10.1. The highest BCUT2D eigenvalue weighted by Crippen LogP contribution is 2.23. The molecule has 0 aliphatic carbocycles. The Balaban J connectivity index is 1.82. The minimum atomic E-state index is 0.742. The molecule has 0 aliphatic rings. The molecule has 2 aromatic carbocycles. The maximum atomic E-state index is 5.72. The van der Waals surface area contributed by atoms with Crippen LogP contribution in [0.5, 0.6) is 5.75 Å². The number of unbranched alkanes of at least 4 members (excludes halogenated alkanes) is 3. The highest BCUT2D eigenvalue weighted by Gasteiger charge is 1.99. The number of ether oxygens (including phenoxy) is 1. The fourth-order valence-corrected chi connectivity index (χ4v) is 2.12. The monoisotopic (exact) mass is 279 g/mol. The number of terminal acetylenes is 1. The lowest BCUT2D eigenvalue weighted by molar-refractivity contribution is 0.305. The molecule has 2 heteroatoms. The van der Waals surface area contributed by atoms with Gasteiger partial charge in [-0.2, -0.15) is 0 Å². The molecule has 0 radical (unpaired) electrons. The summed E-state index contributed by atoms with van der Waals surface area (Å²) in [4.78, 5) is 0. The minimum Gasteiger partial charge on any atom is -0.494 e. The molecule has 0 aromatic heterocycles. The van der Waals surface area contributed by atoms with Crippen molar-refractivity contribution < 1.29 is 4.74 Å². The lowest BCUT2D eigenvalue weighted by Crippen LogP contribution is -1.97. The summed E-state index contributed by atoms with van der Waals surface area (Å²) >= 11 is 0. The average Bonchev–Trinajstić information content (AvgIpc) is 2.52. The van der Waals surface area contributed by atoms with Crippen LogP contribution in [0.15, 0.2) is 48.5 Å². The fraction of sp³-hybridized carbons (Fsp3) is 0.263. The molecule has 108 valence electrons. The molecule has 0 saturated heterocycles.